The van der Waals surface area contributed by atoms with Crippen molar-refractivity contribution in [2.45, 2.75) is 39.0 Å². The maximum atomic E-state index is 12.5. The summed E-state index contributed by atoms with van der Waals surface area (Å²) in [6, 6.07) is 0. The van der Waals surface area contributed by atoms with Gasteiger partial charge in [0.25, 0.3) is 0 Å². The first kappa shape index (κ1) is 15.5. The van der Waals surface area contributed by atoms with Crippen LogP contribution in [0.15, 0.2) is 11.3 Å². The SMILES string of the molecule is CCOC(=O)[C@@]12CCC(O)=C(C(=O)OC)[C@@H]1CCCC2=O. The first-order valence-corrected chi connectivity index (χ1v) is 7.19. The van der Waals surface area contributed by atoms with E-state index in [0.717, 1.165) is 0 Å². The van der Waals surface area contributed by atoms with E-state index in [2.05, 4.69) is 0 Å². The van der Waals surface area contributed by atoms with Crippen LogP contribution in [0.5, 0.6) is 0 Å². The number of hydrogen-bond donors (Lipinski definition) is 1. The van der Waals surface area contributed by atoms with Crippen molar-refractivity contribution in [1.82, 2.24) is 0 Å². The number of rotatable bonds is 3. The number of aliphatic hydroxyl groups is 1. The summed E-state index contributed by atoms with van der Waals surface area (Å²) in [6.45, 7) is 1.85. The number of hydrogen-bond acceptors (Lipinski definition) is 6. The predicted octanol–water partition coefficient (Wildman–Crippen LogP) is 1.68. The van der Waals surface area contributed by atoms with Crippen LogP contribution in [0.1, 0.15) is 39.0 Å². The van der Waals surface area contributed by atoms with Crippen LogP contribution in [0.3, 0.4) is 0 Å². The lowest BCUT2D eigenvalue weighted by Gasteiger charge is -2.43. The predicted molar refractivity (Wildman–Crippen MR) is 72.3 cm³/mol. The molecule has 2 atom stereocenters. The number of aliphatic hydroxyl groups excluding tert-OH is 1. The lowest BCUT2D eigenvalue weighted by Crippen LogP contribution is -2.52. The molecule has 0 unspecified atom stereocenters. The summed E-state index contributed by atoms with van der Waals surface area (Å²) in [5.41, 5.74) is -1.28. The number of Topliss-reactive ketones (excluding diaryl/α,β-unsaturated/α-hetero) is 1. The molecule has 0 bridgehead atoms. The van der Waals surface area contributed by atoms with Crippen molar-refractivity contribution in [3.05, 3.63) is 11.3 Å². The molecule has 0 amide bonds. The minimum atomic E-state index is -1.34. The molecule has 0 heterocycles. The number of esters is 2. The Hall–Kier alpha value is -1.85. The van der Waals surface area contributed by atoms with Crippen LogP contribution in [-0.4, -0.2) is 36.5 Å². The molecule has 0 spiro atoms. The van der Waals surface area contributed by atoms with Crippen LogP contribution in [0, 0.1) is 11.3 Å². The zero-order valence-corrected chi connectivity index (χ0v) is 12.3. The van der Waals surface area contributed by atoms with Gasteiger partial charge in [-0.3, -0.25) is 9.59 Å². The highest BCUT2D eigenvalue weighted by Crippen LogP contribution is 2.51. The van der Waals surface area contributed by atoms with Crippen molar-refractivity contribution in [2.24, 2.45) is 11.3 Å². The summed E-state index contributed by atoms with van der Waals surface area (Å²) in [4.78, 5) is 36.9. The molecule has 1 saturated carbocycles. The quantitative estimate of drug-likeness (QED) is 0.629. The molecule has 0 aromatic rings. The van der Waals surface area contributed by atoms with Crippen molar-refractivity contribution in [3.63, 3.8) is 0 Å². The van der Waals surface area contributed by atoms with E-state index in [4.69, 9.17) is 9.47 Å². The van der Waals surface area contributed by atoms with Gasteiger partial charge in [0, 0.05) is 18.8 Å². The molecular formula is C15H20O6. The second-order valence-corrected chi connectivity index (χ2v) is 5.41. The van der Waals surface area contributed by atoms with Crippen LogP contribution in [0.4, 0.5) is 0 Å². The number of fused-ring (bicyclic) bond motifs is 1. The molecule has 0 saturated heterocycles. The number of ketones is 1. The Bertz CT molecular complexity index is 506. The van der Waals surface area contributed by atoms with Gasteiger partial charge in [-0.05, 0) is 26.2 Å². The van der Waals surface area contributed by atoms with Crippen molar-refractivity contribution in [1.29, 1.82) is 0 Å². The summed E-state index contributed by atoms with van der Waals surface area (Å²) in [6.07, 6.45) is 1.65. The Labute approximate surface area is 123 Å². The Kier molecular flexibility index (Phi) is 4.34. The summed E-state index contributed by atoms with van der Waals surface area (Å²) in [5, 5.41) is 10.0. The molecule has 2 aliphatic carbocycles. The largest absolute Gasteiger partial charge is 0.512 e. The van der Waals surface area contributed by atoms with Crippen molar-refractivity contribution in [3.8, 4) is 0 Å². The summed E-state index contributed by atoms with van der Waals surface area (Å²) >= 11 is 0. The fourth-order valence-electron chi connectivity index (χ4n) is 3.47. The third-order valence-corrected chi connectivity index (χ3v) is 4.45. The van der Waals surface area contributed by atoms with E-state index in [1.807, 2.05) is 0 Å². The molecule has 2 rings (SSSR count). The smallest absolute Gasteiger partial charge is 0.337 e. The molecule has 0 aliphatic heterocycles. The average molecular weight is 296 g/mol. The summed E-state index contributed by atoms with van der Waals surface area (Å²) < 4.78 is 9.80. The van der Waals surface area contributed by atoms with E-state index < -0.39 is 23.3 Å². The fourth-order valence-corrected chi connectivity index (χ4v) is 3.47. The lowest BCUT2D eigenvalue weighted by atomic mass is 9.58. The molecule has 6 heteroatoms. The van der Waals surface area contributed by atoms with Crippen LogP contribution in [-0.2, 0) is 23.9 Å². The molecule has 0 aromatic carbocycles. The molecule has 116 valence electrons. The molecule has 21 heavy (non-hydrogen) atoms. The van der Waals surface area contributed by atoms with Gasteiger partial charge in [-0.15, -0.1) is 0 Å². The van der Waals surface area contributed by atoms with Gasteiger partial charge in [0.05, 0.1) is 19.3 Å². The second-order valence-electron chi connectivity index (χ2n) is 5.41. The first-order chi connectivity index (χ1) is 9.98. The molecular weight excluding hydrogens is 276 g/mol. The third kappa shape index (κ3) is 2.32. The van der Waals surface area contributed by atoms with E-state index in [1.54, 1.807) is 6.92 Å². The molecule has 0 aromatic heterocycles. The molecule has 1 N–H and O–H groups in total. The standard InChI is InChI=1S/C15H20O6/c1-3-21-14(19)15-8-7-10(16)12(13(18)20-2)9(15)5-4-6-11(15)17/h9,16H,3-8H2,1-2H3/t9-,15-/m0/s1. The topological polar surface area (TPSA) is 89.9 Å². The summed E-state index contributed by atoms with van der Waals surface area (Å²) in [5.74, 6) is -2.21. The van der Waals surface area contributed by atoms with Gasteiger partial charge in [-0.1, -0.05) is 0 Å². The average Bonchev–Trinajstić information content (AvgIpc) is 2.47. The molecule has 2 aliphatic rings. The highest BCUT2D eigenvalue weighted by atomic mass is 16.5. The summed E-state index contributed by atoms with van der Waals surface area (Å²) in [7, 11) is 1.22. The number of carbonyl (C=O) groups is 3. The normalized spacial score (nSPS) is 28.9. The van der Waals surface area contributed by atoms with E-state index >= 15 is 0 Å². The number of methoxy groups -OCH3 is 1. The van der Waals surface area contributed by atoms with Gasteiger partial charge in [0.2, 0.25) is 0 Å². The van der Waals surface area contributed by atoms with E-state index in [9.17, 15) is 19.5 Å². The van der Waals surface area contributed by atoms with Crippen LogP contribution < -0.4 is 0 Å². The third-order valence-electron chi connectivity index (χ3n) is 4.45. The van der Waals surface area contributed by atoms with Crippen LogP contribution in [0.25, 0.3) is 0 Å². The highest BCUT2D eigenvalue weighted by Gasteiger charge is 2.58. The zero-order valence-electron chi connectivity index (χ0n) is 12.3. The second kappa shape index (κ2) is 5.87. The maximum Gasteiger partial charge on any atom is 0.337 e. The van der Waals surface area contributed by atoms with Gasteiger partial charge >= 0.3 is 11.9 Å². The number of carbonyl (C=O) groups excluding carboxylic acids is 3. The van der Waals surface area contributed by atoms with Crippen molar-refractivity contribution >= 4 is 17.7 Å². The van der Waals surface area contributed by atoms with Gasteiger partial charge in [-0.25, -0.2) is 4.79 Å². The van der Waals surface area contributed by atoms with Crippen LogP contribution >= 0.6 is 0 Å². The van der Waals surface area contributed by atoms with Gasteiger partial charge in [-0.2, -0.15) is 0 Å². The Morgan fingerprint density at radius 2 is 2.10 bits per heavy atom. The van der Waals surface area contributed by atoms with E-state index in [-0.39, 0.29) is 36.6 Å². The monoisotopic (exact) mass is 296 g/mol. The molecule has 1 fully saturated rings. The van der Waals surface area contributed by atoms with Gasteiger partial charge in [0.15, 0.2) is 5.78 Å². The first-order valence-electron chi connectivity index (χ1n) is 7.19. The van der Waals surface area contributed by atoms with Crippen molar-refractivity contribution in [2.75, 3.05) is 13.7 Å². The molecule has 6 nitrogen and oxygen atoms in total. The lowest BCUT2D eigenvalue weighted by molar-refractivity contribution is -0.167. The Morgan fingerprint density at radius 3 is 2.71 bits per heavy atom. The number of ether oxygens (including phenoxy) is 2. The number of allylic oxidation sites excluding steroid dienone is 1. The Balaban J connectivity index is 2.51. The van der Waals surface area contributed by atoms with Gasteiger partial charge in [0.1, 0.15) is 11.2 Å². The minimum Gasteiger partial charge on any atom is -0.512 e. The fraction of sp³-hybridized carbons (Fsp3) is 0.667. The Morgan fingerprint density at radius 1 is 1.38 bits per heavy atom. The van der Waals surface area contributed by atoms with Gasteiger partial charge < -0.3 is 14.6 Å². The highest BCUT2D eigenvalue weighted by molar-refractivity contribution is 6.07. The van der Waals surface area contributed by atoms with E-state index in [0.29, 0.717) is 19.3 Å². The zero-order chi connectivity index (χ0) is 15.6. The van der Waals surface area contributed by atoms with Crippen molar-refractivity contribution < 1.29 is 29.0 Å². The molecule has 0 radical (unpaired) electrons. The maximum absolute atomic E-state index is 12.5. The van der Waals surface area contributed by atoms with E-state index in [1.165, 1.54) is 7.11 Å². The van der Waals surface area contributed by atoms with Crippen LogP contribution in [0.2, 0.25) is 0 Å². The minimum absolute atomic E-state index is 0.0600.